The molecule has 1 amide bonds. The van der Waals surface area contributed by atoms with Gasteiger partial charge in [0, 0.05) is 17.2 Å². The lowest BCUT2D eigenvalue weighted by molar-refractivity contribution is -0.386. The molecule has 7 heteroatoms. The van der Waals surface area contributed by atoms with Gasteiger partial charge in [-0.15, -0.1) is 0 Å². The number of carboxylic acid groups (broad SMARTS) is 1. The zero-order valence-corrected chi connectivity index (χ0v) is 12.7. The minimum Gasteiger partial charge on any atom is -0.481 e. The summed E-state index contributed by atoms with van der Waals surface area (Å²) in [5.74, 6) is -1.66. The van der Waals surface area contributed by atoms with E-state index in [1.165, 1.54) is 0 Å². The average molecular weight is 306 g/mol. The number of nitro benzene ring substituents is 1. The van der Waals surface area contributed by atoms with Crippen molar-refractivity contribution in [2.24, 2.45) is 5.92 Å². The van der Waals surface area contributed by atoms with E-state index in [0.717, 1.165) is 0 Å². The van der Waals surface area contributed by atoms with Crippen LogP contribution < -0.4 is 5.32 Å². The molecule has 1 aromatic carbocycles. The van der Waals surface area contributed by atoms with E-state index in [9.17, 15) is 19.7 Å². The Morgan fingerprint density at radius 2 is 1.86 bits per heavy atom. The molecule has 1 fully saturated rings. The molecule has 0 aliphatic heterocycles. The van der Waals surface area contributed by atoms with Gasteiger partial charge < -0.3 is 10.4 Å². The van der Waals surface area contributed by atoms with Crippen LogP contribution >= 0.6 is 0 Å². The van der Waals surface area contributed by atoms with Gasteiger partial charge in [-0.2, -0.15) is 0 Å². The van der Waals surface area contributed by atoms with Crippen LogP contribution in [-0.2, 0) is 4.79 Å². The fraction of sp³-hybridized carbons (Fsp3) is 0.467. The van der Waals surface area contributed by atoms with Gasteiger partial charge in [0.05, 0.1) is 16.4 Å². The lowest BCUT2D eigenvalue weighted by Gasteiger charge is -2.33. The Kier molecular flexibility index (Phi) is 4.16. The van der Waals surface area contributed by atoms with Crippen LogP contribution in [0.1, 0.15) is 39.9 Å². The van der Waals surface area contributed by atoms with Crippen LogP contribution in [0.2, 0.25) is 0 Å². The van der Waals surface area contributed by atoms with Crippen molar-refractivity contribution in [1.29, 1.82) is 0 Å². The highest BCUT2D eigenvalue weighted by Crippen LogP contribution is 2.31. The van der Waals surface area contributed by atoms with E-state index in [1.54, 1.807) is 26.8 Å². The smallest absolute Gasteiger partial charge is 0.306 e. The minimum absolute atomic E-state index is 0.0484. The number of nitrogens with zero attached hydrogens (tertiary/aromatic N) is 1. The van der Waals surface area contributed by atoms with Gasteiger partial charge in [-0.3, -0.25) is 19.7 Å². The normalized spacial score (nSPS) is 20.1. The summed E-state index contributed by atoms with van der Waals surface area (Å²) in [4.78, 5) is 33.8. The van der Waals surface area contributed by atoms with Crippen LogP contribution in [0.15, 0.2) is 6.07 Å². The van der Waals surface area contributed by atoms with Crippen LogP contribution in [0.25, 0.3) is 0 Å². The first-order valence-corrected chi connectivity index (χ1v) is 7.01. The molecule has 1 aromatic rings. The molecule has 0 aromatic heterocycles. The number of nitro groups is 1. The number of aliphatic carboxylic acids is 1. The maximum atomic E-state index is 12.4. The summed E-state index contributed by atoms with van der Waals surface area (Å²) in [6.45, 7) is 4.94. The molecule has 1 saturated carbocycles. The van der Waals surface area contributed by atoms with Gasteiger partial charge in [-0.05, 0) is 45.2 Å². The molecule has 1 aliphatic carbocycles. The highest BCUT2D eigenvalue weighted by atomic mass is 16.6. The fourth-order valence-electron chi connectivity index (χ4n) is 3.00. The second-order valence-corrected chi connectivity index (χ2v) is 5.79. The van der Waals surface area contributed by atoms with E-state index in [2.05, 4.69) is 5.32 Å². The zero-order valence-electron chi connectivity index (χ0n) is 12.7. The monoisotopic (exact) mass is 306 g/mol. The molecule has 0 unspecified atom stereocenters. The average Bonchev–Trinajstić information content (AvgIpc) is 2.31. The highest BCUT2D eigenvalue weighted by Gasteiger charge is 2.36. The zero-order chi connectivity index (χ0) is 16.6. The summed E-state index contributed by atoms with van der Waals surface area (Å²) < 4.78 is 0. The Hall–Kier alpha value is -2.44. The van der Waals surface area contributed by atoms with Crippen molar-refractivity contribution in [3.63, 3.8) is 0 Å². The van der Waals surface area contributed by atoms with Crippen molar-refractivity contribution < 1.29 is 19.6 Å². The third-order valence-corrected chi connectivity index (χ3v) is 4.16. The van der Waals surface area contributed by atoms with Crippen molar-refractivity contribution in [2.75, 3.05) is 0 Å². The molecule has 7 nitrogen and oxygen atoms in total. The summed E-state index contributed by atoms with van der Waals surface area (Å²) in [5.41, 5.74) is 1.79. The van der Waals surface area contributed by atoms with Crippen LogP contribution in [0.5, 0.6) is 0 Å². The van der Waals surface area contributed by atoms with Crippen LogP contribution in [0, 0.1) is 36.8 Å². The number of benzene rings is 1. The maximum Gasteiger partial charge on any atom is 0.306 e. The van der Waals surface area contributed by atoms with Crippen LogP contribution in [0.4, 0.5) is 5.69 Å². The van der Waals surface area contributed by atoms with Crippen LogP contribution in [-0.4, -0.2) is 27.9 Å². The summed E-state index contributed by atoms with van der Waals surface area (Å²) in [6.07, 6.45) is 0.792. The SMILES string of the molecule is Cc1cc(C)c([N+](=O)[O-])c(C)c1C(=O)NC1CC(C(=O)O)C1. The van der Waals surface area contributed by atoms with Gasteiger partial charge in [0.25, 0.3) is 11.6 Å². The van der Waals surface area contributed by atoms with E-state index in [1.807, 2.05) is 0 Å². The summed E-state index contributed by atoms with van der Waals surface area (Å²) >= 11 is 0. The molecule has 2 N–H and O–H groups in total. The van der Waals surface area contributed by atoms with E-state index in [0.29, 0.717) is 35.1 Å². The van der Waals surface area contributed by atoms with Crippen molar-refractivity contribution in [3.05, 3.63) is 38.4 Å². The predicted molar refractivity (Wildman–Crippen MR) is 78.9 cm³/mol. The quantitative estimate of drug-likeness (QED) is 0.654. The number of hydrogen-bond acceptors (Lipinski definition) is 4. The number of aryl methyl sites for hydroxylation is 2. The molecule has 0 spiro atoms. The van der Waals surface area contributed by atoms with Gasteiger partial charge in [0.1, 0.15) is 0 Å². The standard InChI is InChI=1S/C15H18N2O5/c1-7-4-8(2)13(17(21)22)9(3)12(7)14(18)16-11-5-10(6-11)15(19)20/h4,10-11H,5-6H2,1-3H3,(H,16,18)(H,19,20). The topological polar surface area (TPSA) is 110 Å². The molecular formula is C15H18N2O5. The molecule has 0 atom stereocenters. The highest BCUT2D eigenvalue weighted by molar-refractivity contribution is 5.98. The van der Waals surface area contributed by atoms with Crippen molar-refractivity contribution in [3.8, 4) is 0 Å². The van der Waals surface area contributed by atoms with Gasteiger partial charge in [-0.1, -0.05) is 0 Å². The fourth-order valence-corrected chi connectivity index (χ4v) is 3.00. The molecule has 2 rings (SSSR count). The minimum atomic E-state index is -0.858. The molecule has 1 aliphatic rings. The molecule has 0 heterocycles. The van der Waals surface area contributed by atoms with Crippen LogP contribution in [0.3, 0.4) is 0 Å². The Morgan fingerprint density at radius 3 is 2.36 bits per heavy atom. The third kappa shape index (κ3) is 2.79. The Morgan fingerprint density at radius 1 is 1.27 bits per heavy atom. The molecular weight excluding hydrogens is 288 g/mol. The second-order valence-electron chi connectivity index (χ2n) is 5.79. The molecule has 118 valence electrons. The van der Waals surface area contributed by atoms with Crippen molar-refractivity contribution >= 4 is 17.6 Å². The van der Waals surface area contributed by atoms with Gasteiger partial charge >= 0.3 is 5.97 Å². The lowest BCUT2D eigenvalue weighted by Crippen LogP contribution is -2.47. The van der Waals surface area contributed by atoms with E-state index >= 15 is 0 Å². The number of carboxylic acids is 1. The molecule has 0 bridgehead atoms. The number of rotatable bonds is 4. The predicted octanol–water partition coefficient (Wildman–Crippen LogP) is 2.11. The number of amides is 1. The van der Waals surface area contributed by atoms with Gasteiger partial charge in [0.15, 0.2) is 0 Å². The third-order valence-electron chi connectivity index (χ3n) is 4.16. The summed E-state index contributed by atoms with van der Waals surface area (Å²) in [6, 6.07) is 1.44. The first kappa shape index (κ1) is 15.9. The lowest BCUT2D eigenvalue weighted by atomic mass is 9.80. The molecule has 0 saturated heterocycles. The Balaban J connectivity index is 2.22. The Bertz CT molecular complexity index is 662. The van der Waals surface area contributed by atoms with Crippen molar-refractivity contribution in [2.45, 2.75) is 39.7 Å². The second kappa shape index (κ2) is 5.75. The van der Waals surface area contributed by atoms with Gasteiger partial charge in [0.2, 0.25) is 0 Å². The summed E-state index contributed by atoms with van der Waals surface area (Å²) in [5, 5.41) is 22.7. The molecule has 22 heavy (non-hydrogen) atoms. The number of carbonyl (C=O) groups is 2. The van der Waals surface area contributed by atoms with E-state index in [-0.39, 0.29) is 17.6 Å². The van der Waals surface area contributed by atoms with Gasteiger partial charge in [-0.25, -0.2) is 0 Å². The maximum absolute atomic E-state index is 12.4. The summed E-state index contributed by atoms with van der Waals surface area (Å²) in [7, 11) is 0. The number of nitrogens with one attached hydrogen (secondary N) is 1. The number of hydrogen-bond donors (Lipinski definition) is 2. The van der Waals surface area contributed by atoms with E-state index in [4.69, 9.17) is 5.11 Å². The van der Waals surface area contributed by atoms with Crippen molar-refractivity contribution in [1.82, 2.24) is 5.32 Å². The number of carbonyl (C=O) groups excluding carboxylic acids is 1. The first-order chi connectivity index (χ1) is 10.2. The van der Waals surface area contributed by atoms with E-state index < -0.39 is 16.8 Å². The Labute approximate surface area is 127 Å². The molecule has 0 radical (unpaired) electrons. The largest absolute Gasteiger partial charge is 0.481 e. The first-order valence-electron chi connectivity index (χ1n) is 7.01.